The van der Waals surface area contributed by atoms with E-state index in [4.69, 9.17) is 4.42 Å². The summed E-state index contributed by atoms with van der Waals surface area (Å²) in [5.41, 5.74) is 8.51. The highest BCUT2D eigenvalue weighted by molar-refractivity contribution is 5.82. The van der Waals surface area contributed by atoms with Gasteiger partial charge < -0.3 is 14.4 Å². The van der Waals surface area contributed by atoms with Crippen molar-refractivity contribution < 1.29 is 14.3 Å². The van der Waals surface area contributed by atoms with Crippen LogP contribution < -0.4 is 10.9 Å². The third-order valence-corrected chi connectivity index (χ3v) is 5.60. The molecular formula is C21H27N3O3. The first-order chi connectivity index (χ1) is 13.1. The molecule has 0 aliphatic carbocycles. The summed E-state index contributed by atoms with van der Waals surface area (Å²) in [5, 5.41) is 9.29. The second kappa shape index (κ2) is 7.84. The Labute approximate surface area is 159 Å². The quantitative estimate of drug-likeness (QED) is 0.752. The number of hydrogen-bond donors (Lipinski definition) is 3. The number of carbonyl (C=O) groups is 1. The van der Waals surface area contributed by atoms with Crippen molar-refractivity contribution in [3.63, 3.8) is 0 Å². The zero-order valence-electron chi connectivity index (χ0n) is 15.6. The second-order valence-corrected chi connectivity index (χ2v) is 7.70. The van der Waals surface area contributed by atoms with Crippen molar-refractivity contribution >= 4 is 5.91 Å². The van der Waals surface area contributed by atoms with Gasteiger partial charge in [-0.2, -0.15) is 0 Å². The van der Waals surface area contributed by atoms with Crippen LogP contribution in [0.1, 0.15) is 41.5 Å². The minimum absolute atomic E-state index is 0.0345. The molecule has 1 aromatic carbocycles. The van der Waals surface area contributed by atoms with Crippen LogP contribution in [0, 0.1) is 12.8 Å². The minimum atomic E-state index is -0.211. The molecule has 0 spiro atoms. The molecule has 1 amide bonds. The van der Waals surface area contributed by atoms with E-state index in [-0.39, 0.29) is 24.6 Å². The van der Waals surface area contributed by atoms with Crippen LogP contribution >= 0.6 is 0 Å². The van der Waals surface area contributed by atoms with Gasteiger partial charge in [0.1, 0.15) is 17.6 Å². The fourth-order valence-electron chi connectivity index (χ4n) is 4.15. The first-order valence-electron chi connectivity index (χ1n) is 9.67. The van der Waals surface area contributed by atoms with Crippen LogP contribution in [0.3, 0.4) is 0 Å². The number of nitrogens with one attached hydrogen (secondary N) is 2. The van der Waals surface area contributed by atoms with Crippen LogP contribution in [0.2, 0.25) is 0 Å². The van der Waals surface area contributed by atoms with Gasteiger partial charge >= 0.3 is 0 Å². The Hall–Kier alpha value is -2.15. The number of carbonyl (C=O) groups excluding carboxylic acids is 1. The first-order valence-corrected chi connectivity index (χ1v) is 9.67. The number of aryl methyl sites for hydroxylation is 1. The monoisotopic (exact) mass is 369 g/mol. The van der Waals surface area contributed by atoms with Crippen LogP contribution in [0.25, 0.3) is 0 Å². The molecule has 6 heteroatoms. The number of rotatable bonds is 5. The van der Waals surface area contributed by atoms with Crippen molar-refractivity contribution in [3.05, 3.63) is 59.0 Å². The number of likely N-dealkylation sites (tertiary alicyclic amines) is 1. The van der Waals surface area contributed by atoms with Gasteiger partial charge in [-0.3, -0.25) is 4.79 Å². The van der Waals surface area contributed by atoms with Gasteiger partial charge in [0.25, 0.3) is 0 Å². The summed E-state index contributed by atoms with van der Waals surface area (Å²) in [6.07, 6.45) is 2.67. The smallest absolute Gasteiger partial charge is 0.241 e. The van der Waals surface area contributed by atoms with E-state index >= 15 is 0 Å². The average molecular weight is 369 g/mol. The van der Waals surface area contributed by atoms with Crippen molar-refractivity contribution in [1.82, 2.24) is 15.8 Å². The molecule has 0 saturated carbocycles. The zero-order chi connectivity index (χ0) is 18.8. The predicted molar refractivity (Wildman–Crippen MR) is 102 cm³/mol. The number of hydrogen-bond acceptors (Lipinski definition) is 5. The highest BCUT2D eigenvalue weighted by Crippen LogP contribution is 2.27. The summed E-state index contributed by atoms with van der Waals surface area (Å²) >= 11 is 0. The summed E-state index contributed by atoms with van der Waals surface area (Å²) in [4.78, 5) is 14.9. The number of aliphatic hydroxyl groups is 1. The Morgan fingerprint density at radius 3 is 2.89 bits per heavy atom. The maximum atomic E-state index is 12.9. The molecule has 0 bridgehead atoms. The summed E-state index contributed by atoms with van der Waals surface area (Å²) in [7, 11) is 0. The van der Waals surface area contributed by atoms with Gasteiger partial charge in [-0.05, 0) is 55.4 Å². The molecule has 3 N–H and O–H groups in total. The predicted octanol–water partition coefficient (Wildman–Crippen LogP) is 2.08. The molecule has 6 nitrogen and oxygen atoms in total. The van der Waals surface area contributed by atoms with E-state index in [1.807, 2.05) is 36.1 Å². The molecule has 2 fully saturated rings. The number of furan rings is 1. The van der Waals surface area contributed by atoms with Gasteiger partial charge in [0, 0.05) is 13.1 Å². The molecule has 3 atom stereocenters. The Morgan fingerprint density at radius 2 is 2.11 bits per heavy atom. The van der Waals surface area contributed by atoms with Crippen molar-refractivity contribution in [3.8, 4) is 0 Å². The van der Waals surface area contributed by atoms with Crippen LogP contribution in [0.5, 0.6) is 0 Å². The molecule has 2 aliphatic heterocycles. The number of nitrogens with zero attached hydrogens (tertiary/aromatic N) is 1. The molecule has 1 aromatic heterocycles. The molecule has 27 heavy (non-hydrogen) atoms. The topological polar surface area (TPSA) is 77.7 Å². The second-order valence-electron chi connectivity index (χ2n) is 7.70. The number of amides is 1. The lowest BCUT2D eigenvalue weighted by molar-refractivity contribution is -0.132. The standard InChI is InChI=1S/C21H27N3O3/c1-14-5-6-20(27-14)18-11-19(23-22-18)21(26)24-8-7-16(12-24)9-15-3-2-4-17(10-15)13-25/h2-6,10,16,18-19,22-23,25H,7-9,11-13H2,1H3. The number of hydrazine groups is 1. The van der Waals surface area contributed by atoms with E-state index in [0.717, 1.165) is 43.0 Å². The maximum absolute atomic E-state index is 12.9. The fourth-order valence-corrected chi connectivity index (χ4v) is 4.15. The molecule has 2 saturated heterocycles. The highest BCUT2D eigenvalue weighted by Gasteiger charge is 2.36. The van der Waals surface area contributed by atoms with Gasteiger partial charge in [-0.15, -0.1) is 0 Å². The lowest BCUT2D eigenvalue weighted by Crippen LogP contribution is -2.44. The third-order valence-electron chi connectivity index (χ3n) is 5.60. The molecule has 3 heterocycles. The molecular weight excluding hydrogens is 342 g/mol. The highest BCUT2D eigenvalue weighted by atomic mass is 16.3. The largest absolute Gasteiger partial charge is 0.465 e. The Kier molecular flexibility index (Phi) is 5.29. The molecule has 0 radical (unpaired) electrons. The molecule has 144 valence electrons. The van der Waals surface area contributed by atoms with Gasteiger partial charge in [0.15, 0.2) is 0 Å². The van der Waals surface area contributed by atoms with Crippen molar-refractivity contribution in [2.24, 2.45) is 5.92 Å². The van der Waals surface area contributed by atoms with Crippen molar-refractivity contribution in [2.75, 3.05) is 13.1 Å². The van der Waals surface area contributed by atoms with Gasteiger partial charge in [-0.25, -0.2) is 10.9 Å². The summed E-state index contributed by atoms with van der Waals surface area (Å²) < 4.78 is 5.68. The lowest BCUT2D eigenvalue weighted by atomic mass is 9.97. The Morgan fingerprint density at radius 1 is 1.26 bits per heavy atom. The van der Waals surface area contributed by atoms with E-state index in [2.05, 4.69) is 23.0 Å². The van der Waals surface area contributed by atoms with Gasteiger partial charge in [0.05, 0.1) is 12.6 Å². The van der Waals surface area contributed by atoms with Crippen molar-refractivity contribution in [1.29, 1.82) is 0 Å². The molecule has 2 aliphatic rings. The van der Waals surface area contributed by atoms with E-state index in [9.17, 15) is 9.90 Å². The fraction of sp³-hybridized carbons (Fsp3) is 0.476. The maximum Gasteiger partial charge on any atom is 0.241 e. The van der Waals surface area contributed by atoms with Crippen LogP contribution in [0.4, 0.5) is 0 Å². The Bertz CT molecular complexity index is 803. The molecule has 3 unspecified atom stereocenters. The van der Waals surface area contributed by atoms with E-state index < -0.39 is 0 Å². The van der Waals surface area contributed by atoms with Crippen molar-refractivity contribution in [2.45, 2.75) is 44.9 Å². The van der Waals surface area contributed by atoms with Crippen LogP contribution in [-0.4, -0.2) is 35.0 Å². The zero-order valence-corrected chi connectivity index (χ0v) is 15.6. The number of aliphatic hydroxyl groups excluding tert-OH is 1. The van der Waals surface area contributed by atoms with E-state index in [1.165, 1.54) is 5.56 Å². The third kappa shape index (κ3) is 4.08. The first kappa shape index (κ1) is 18.2. The molecule has 4 rings (SSSR count). The summed E-state index contributed by atoms with van der Waals surface area (Å²) in [5.74, 6) is 2.40. The summed E-state index contributed by atoms with van der Waals surface area (Å²) in [6, 6.07) is 11.8. The molecule has 2 aromatic rings. The van der Waals surface area contributed by atoms with Crippen LogP contribution in [0.15, 0.2) is 40.8 Å². The van der Waals surface area contributed by atoms with E-state index in [0.29, 0.717) is 12.3 Å². The SMILES string of the molecule is Cc1ccc(C2CC(C(=O)N3CCC(Cc4cccc(CO)c4)C3)NN2)o1. The van der Waals surface area contributed by atoms with Gasteiger partial charge in [-0.1, -0.05) is 24.3 Å². The summed E-state index contributed by atoms with van der Waals surface area (Å²) in [6.45, 7) is 3.60. The van der Waals surface area contributed by atoms with E-state index in [1.54, 1.807) is 0 Å². The lowest BCUT2D eigenvalue weighted by Gasteiger charge is -2.20. The van der Waals surface area contributed by atoms with Gasteiger partial charge in [0.2, 0.25) is 5.91 Å². The Balaban J connectivity index is 1.31. The minimum Gasteiger partial charge on any atom is -0.465 e. The number of benzene rings is 1. The van der Waals surface area contributed by atoms with Crippen LogP contribution in [-0.2, 0) is 17.8 Å². The average Bonchev–Trinajstić information content (AvgIpc) is 3.41. The normalized spacial score (nSPS) is 25.3.